The molecule has 132 valence electrons. The summed E-state index contributed by atoms with van der Waals surface area (Å²) in [5, 5.41) is 13.3. The van der Waals surface area contributed by atoms with Gasteiger partial charge in [-0.05, 0) is 43.0 Å². The van der Waals surface area contributed by atoms with Crippen LogP contribution in [0.2, 0.25) is 0 Å². The highest BCUT2D eigenvalue weighted by Gasteiger charge is 2.26. The molecular weight excluding hydrogens is 321 g/mol. The molecule has 1 heterocycles. The Morgan fingerprint density at radius 2 is 2.04 bits per heavy atom. The molecule has 0 radical (unpaired) electrons. The van der Waals surface area contributed by atoms with Crippen molar-refractivity contribution in [2.24, 2.45) is 5.73 Å². The fraction of sp³-hybridized carbons (Fsp3) is 0.368. The fourth-order valence-corrected chi connectivity index (χ4v) is 2.70. The van der Waals surface area contributed by atoms with E-state index in [-0.39, 0.29) is 30.6 Å². The fourth-order valence-electron chi connectivity index (χ4n) is 2.70. The van der Waals surface area contributed by atoms with E-state index in [1.165, 1.54) is 6.07 Å². The lowest BCUT2D eigenvalue weighted by molar-refractivity contribution is 0.0947. The summed E-state index contributed by atoms with van der Waals surface area (Å²) >= 11 is 0. The summed E-state index contributed by atoms with van der Waals surface area (Å²) in [6.07, 6.45) is 3.00. The first-order valence-electron chi connectivity index (χ1n) is 8.46. The van der Waals surface area contributed by atoms with E-state index in [9.17, 15) is 14.3 Å². The normalized spacial score (nSPS) is 16.3. The molecule has 1 saturated carbocycles. The average Bonchev–Trinajstić information content (AvgIpc) is 3.41. The number of nitrogens with one attached hydrogen (secondary N) is 1. The summed E-state index contributed by atoms with van der Waals surface area (Å²) in [7, 11) is 0. The van der Waals surface area contributed by atoms with Crippen molar-refractivity contribution in [2.45, 2.75) is 43.9 Å². The third kappa shape index (κ3) is 4.61. The van der Waals surface area contributed by atoms with Crippen molar-refractivity contribution in [1.29, 1.82) is 0 Å². The first-order chi connectivity index (χ1) is 12.0. The standard InChI is InChI=1S/C19H22FN3O2/c20-15-6-2-1-4-12(15)10-16(21)18(24)11-17-14(5-3-9-22-17)19(25)23-13-7-8-13/h1-6,9,13,16,18,24H,7-8,10-11,21H2,(H,23,25)/t16-,18+/m1/s1. The predicted octanol–water partition coefficient (Wildman–Crippen LogP) is 1.59. The lowest BCUT2D eigenvalue weighted by atomic mass is 9.97. The minimum absolute atomic E-state index is 0.143. The van der Waals surface area contributed by atoms with E-state index in [0.29, 0.717) is 16.8 Å². The van der Waals surface area contributed by atoms with Gasteiger partial charge in [-0.1, -0.05) is 18.2 Å². The Labute approximate surface area is 146 Å². The Kier molecular flexibility index (Phi) is 5.40. The van der Waals surface area contributed by atoms with Crippen molar-refractivity contribution in [3.8, 4) is 0 Å². The second-order valence-electron chi connectivity index (χ2n) is 6.48. The highest BCUT2D eigenvalue weighted by molar-refractivity contribution is 5.95. The Bertz CT molecular complexity index is 749. The maximum Gasteiger partial charge on any atom is 0.253 e. The Hall–Kier alpha value is -2.31. The van der Waals surface area contributed by atoms with Gasteiger partial charge in [0.2, 0.25) is 0 Å². The van der Waals surface area contributed by atoms with Crippen molar-refractivity contribution in [1.82, 2.24) is 10.3 Å². The summed E-state index contributed by atoms with van der Waals surface area (Å²) in [4.78, 5) is 16.5. The molecule has 2 atom stereocenters. The van der Waals surface area contributed by atoms with Crippen LogP contribution in [0, 0.1) is 5.82 Å². The van der Waals surface area contributed by atoms with Gasteiger partial charge in [0.25, 0.3) is 5.91 Å². The van der Waals surface area contributed by atoms with E-state index in [2.05, 4.69) is 10.3 Å². The van der Waals surface area contributed by atoms with Crippen molar-refractivity contribution in [3.63, 3.8) is 0 Å². The number of rotatable bonds is 7. The van der Waals surface area contributed by atoms with Gasteiger partial charge in [-0.2, -0.15) is 0 Å². The molecule has 6 heteroatoms. The number of aliphatic hydroxyl groups excluding tert-OH is 1. The first kappa shape index (κ1) is 17.5. The second kappa shape index (κ2) is 7.72. The van der Waals surface area contributed by atoms with Crippen LogP contribution in [0.1, 0.15) is 34.5 Å². The average molecular weight is 343 g/mol. The quantitative estimate of drug-likeness (QED) is 0.712. The molecule has 5 nitrogen and oxygen atoms in total. The highest BCUT2D eigenvalue weighted by atomic mass is 19.1. The Morgan fingerprint density at radius 3 is 2.76 bits per heavy atom. The topological polar surface area (TPSA) is 88.2 Å². The molecule has 0 spiro atoms. The van der Waals surface area contributed by atoms with Crippen molar-refractivity contribution in [2.75, 3.05) is 0 Å². The van der Waals surface area contributed by atoms with Crippen molar-refractivity contribution in [3.05, 3.63) is 65.2 Å². The number of carbonyl (C=O) groups is 1. The number of halogens is 1. The van der Waals surface area contributed by atoms with Crippen LogP contribution in [0.3, 0.4) is 0 Å². The van der Waals surface area contributed by atoms with Crippen LogP contribution in [0.25, 0.3) is 0 Å². The van der Waals surface area contributed by atoms with Gasteiger partial charge in [-0.15, -0.1) is 0 Å². The van der Waals surface area contributed by atoms with Gasteiger partial charge in [0.15, 0.2) is 0 Å². The molecule has 4 N–H and O–H groups in total. The zero-order valence-corrected chi connectivity index (χ0v) is 13.9. The van der Waals surface area contributed by atoms with Crippen LogP contribution in [0.15, 0.2) is 42.6 Å². The Balaban J connectivity index is 1.66. The van der Waals surface area contributed by atoms with Gasteiger partial charge in [0, 0.05) is 24.7 Å². The van der Waals surface area contributed by atoms with Gasteiger partial charge in [-0.3, -0.25) is 9.78 Å². The van der Waals surface area contributed by atoms with Crippen molar-refractivity contribution >= 4 is 5.91 Å². The third-order valence-electron chi connectivity index (χ3n) is 4.36. The summed E-state index contributed by atoms with van der Waals surface area (Å²) in [6.45, 7) is 0. The van der Waals surface area contributed by atoms with Crippen LogP contribution in [-0.4, -0.2) is 34.2 Å². The van der Waals surface area contributed by atoms with Crippen LogP contribution in [0.4, 0.5) is 4.39 Å². The summed E-state index contributed by atoms with van der Waals surface area (Å²) < 4.78 is 13.7. The largest absolute Gasteiger partial charge is 0.391 e. The molecule has 1 aromatic carbocycles. The third-order valence-corrected chi connectivity index (χ3v) is 4.36. The number of aromatic nitrogens is 1. The second-order valence-corrected chi connectivity index (χ2v) is 6.48. The minimum atomic E-state index is -0.929. The molecule has 0 bridgehead atoms. The molecule has 25 heavy (non-hydrogen) atoms. The molecule has 0 unspecified atom stereocenters. The zero-order chi connectivity index (χ0) is 17.8. The van der Waals surface area contributed by atoms with E-state index >= 15 is 0 Å². The van der Waals surface area contributed by atoms with E-state index in [1.54, 1.807) is 36.5 Å². The molecule has 0 aliphatic heterocycles. The van der Waals surface area contributed by atoms with Crippen LogP contribution in [-0.2, 0) is 12.8 Å². The van der Waals surface area contributed by atoms with Crippen LogP contribution >= 0.6 is 0 Å². The number of hydrogen-bond donors (Lipinski definition) is 3. The van der Waals surface area contributed by atoms with Crippen LogP contribution in [0.5, 0.6) is 0 Å². The van der Waals surface area contributed by atoms with Gasteiger partial charge in [-0.25, -0.2) is 4.39 Å². The van der Waals surface area contributed by atoms with Crippen molar-refractivity contribution < 1.29 is 14.3 Å². The molecule has 1 amide bonds. The minimum Gasteiger partial charge on any atom is -0.391 e. The maximum atomic E-state index is 13.7. The summed E-state index contributed by atoms with van der Waals surface area (Å²) in [5.41, 5.74) is 7.45. The predicted molar refractivity (Wildman–Crippen MR) is 92.5 cm³/mol. The van der Waals surface area contributed by atoms with E-state index < -0.39 is 12.1 Å². The number of nitrogens with two attached hydrogens (primary N) is 1. The lowest BCUT2D eigenvalue weighted by Crippen LogP contribution is -2.39. The number of hydrogen-bond acceptors (Lipinski definition) is 4. The number of aliphatic hydroxyl groups is 1. The van der Waals surface area contributed by atoms with E-state index in [0.717, 1.165) is 12.8 Å². The molecule has 3 rings (SSSR count). The zero-order valence-electron chi connectivity index (χ0n) is 13.9. The summed E-state index contributed by atoms with van der Waals surface area (Å²) in [6, 6.07) is 9.33. The smallest absolute Gasteiger partial charge is 0.253 e. The van der Waals surface area contributed by atoms with E-state index in [1.807, 2.05) is 0 Å². The lowest BCUT2D eigenvalue weighted by Gasteiger charge is -2.20. The molecule has 0 saturated heterocycles. The van der Waals surface area contributed by atoms with Gasteiger partial charge >= 0.3 is 0 Å². The number of carbonyl (C=O) groups excluding carboxylic acids is 1. The maximum absolute atomic E-state index is 13.7. The monoisotopic (exact) mass is 343 g/mol. The number of amides is 1. The first-order valence-corrected chi connectivity index (χ1v) is 8.46. The molecule has 2 aromatic rings. The molecule has 1 aliphatic carbocycles. The Morgan fingerprint density at radius 1 is 1.28 bits per heavy atom. The van der Waals surface area contributed by atoms with Gasteiger partial charge in [0.1, 0.15) is 5.82 Å². The molecule has 1 fully saturated rings. The highest BCUT2D eigenvalue weighted by Crippen LogP contribution is 2.20. The summed E-state index contributed by atoms with van der Waals surface area (Å²) in [5.74, 6) is -0.520. The van der Waals surface area contributed by atoms with Gasteiger partial charge in [0.05, 0.1) is 17.4 Å². The number of pyridine rings is 1. The van der Waals surface area contributed by atoms with E-state index in [4.69, 9.17) is 5.73 Å². The molecule has 1 aromatic heterocycles. The van der Waals surface area contributed by atoms with Gasteiger partial charge < -0.3 is 16.2 Å². The van der Waals surface area contributed by atoms with Crippen LogP contribution < -0.4 is 11.1 Å². The number of nitrogens with zero attached hydrogens (tertiary/aromatic N) is 1. The molecule has 1 aliphatic rings. The number of benzene rings is 1. The molecular formula is C19H22FN3O2. The SMILES string of the molecule is N[C@H](Cc1ccccc1F)[C@@H](O)Cc1ncccc1C(=O)NC1CC1.